The summed E-state index contributed by atoms with van der Waals surface area (Å²) in [4.78, 5) is 11.9. The lowest BCUT2D eigenvalue weighted by atomic mass is 9.99. The van der Waals surface area contributed by atoms with Crippen LogP contribution in [-0.2, 0) is 9.53 Å². The predicted octanol–water partition coefficient (Wildman–Crippen LogP) is -0.521. The molecule has 0 aromatic carbocycles. The summed E-state index contributed by atoms with van der Waals surface area (Å²) in [6, 6.07) is -0.0776. The van der Waals surface area contributed by atoms with Gasteiger partial charge in [0.25, 0.3) is 0 Å². The van der Waals surface area contributed by atoms with Gasteiger partial charge < -0.3 is 20.7 Å². The molecule has 5 heteroatoms. The van der Waals surface area contributed by atoms with Crippen molar-refractivity contribution in [1.29, 1.82) is 0 Å². The molecule has 3 unspecified atom stereocenters. The minimum absolute atomic E-state index is 0.0776. The van der Waals surface area contributed by atoms with Crippen molar-refractivity contribution in [1.82, 2.24) is 16.0 Å². The van der Waals surface area contributed by atoms with Crippen molar-refractivity contribution in [2.75, 3.05) is 32.8 Å². The second-order valence-corrected chi connectivity index (χ2v) is 4.82. The van der Waals surface area contributed by atoms with Gasteiger partial charge in [-0.05, 0) is 12.8 Å². The minimum atomic E-state index is -0.0776. The predicted molar refractivity (Wildman–Crippen MR) is 65.8 cm³/mol. The molecular formula is C12H23N3O2. The average molecular weight is 241 g/mol. The number of piperazine rings is 1. The van der Waals surface area contributed by atoms with Gasteiger partial charge in [-0.15, -0.1) is 0 Å². The number of nitrogens with one attached hydrogen (secondary N) is 3. The summed E-state index contributed by atoms with van der Waals surface area (Å²) in [6.45, 7) is 6.25. The van der Waals surface area contributed by atoms with Crippen molar-refractivity contribution in [2.45, 2.75) is 31.9 Å². The normalized spacial score (nSPS) is 33.6. The standard InChI is InChI=1S/C12H23N3O2/c1-2-11-9(3-6-17-11)7-15-12(16)10-8-13-4-5-14-10/h9-11,13-14H,2-8H2,1H3,(H,15,16). The molecule has 2 heterocycles. The SMILES string of the molecule is CCC1OCCC1CNC(=O)C1CNCCN1. The first kappa shape index (κ1) is 12.8. The molecule has 1 amide bonds. The summed E-state index contributed by atoms with van der Waals surface area (Å²) in [6.07, 6.45) is 2.42. The average Bonchev–Trinajstić information content (AvgIpc) is 2.84. The van der Waals surface area contributed by atoms with E-state index in [4.69, 9.17) is 4.74 Å². The van der Waals surface area contributed by atoms with Crippen LogP contribution >= 0.6 is 0 Å². The Morgan fingerprint density at radius 1 is 1.47 bits per heavy atom. The third-order valence-electron chi connectivity index (χ3n) is 3.64. The van der Waals surface area contributed by atoms with Crippen LogP contribution in [0.4, 0.5) is 0 Å². The van der Waals surface area contributed by atoms with Gasteiger partial charge in [0.15, 0.2) is 0 Å². The zero-order chi connectivity index (χ0) is 12.1. The Morgan fingerprint density at radius 3 is 3.06 bits per heavy atom. The molecule has 17 heavy (non-hydrogen) atoms. The van der Waals surface area contributed by atoms with E-state index < -0.39 is 0 Å². The first-order valence-corrected chi connectivity index (χ1v) is 6.64. The molecule has 2 saturated heterocycles. The van der Waals surface area contributed by atoms with Crippen LogP contribution in [0.5, 0.6) is 0 Å². The van der Waals surface area contributed by atoms with Gasteiger partial charge in [-0.1, -0.05) is 6.92 Å². The monoisotopic (exact) mass is 241 g/mol. The van der Waals surface area contributed by atoms with E-state index in [1.165, 1.54) is 0 Å². The largest absolute Gasteiger partial charge is 0.378 e. The highest BCUT2D eigenvalue weighted by atomic mass is 16.5. The lowest BCUT2D eigenvalue weighted by Crippen LogP contribution is -2.56. The summed E-state index contributed by atoms with van der Waals surface area (Å²) < 4.78 is 5.61. The Hall–Kier alpha value is -0.650. The van der Waals surface area contributed by atoms with Crippen molar-refractivity contribution in [3.63, 3.8) is 0 Å². The Balaban J connectivity index is 1.71. The maximum Gasteiger partial charge on any atom is 0.238 e. The molecule has 0 aliphatic carbocycles. The van der Waals surface area contributed by atoms with Crippen LogP contribution in [0.1, 0.15) is 19.8 Å². The van der Waals surface area contributed by atoms with Gasteiger partial charge in [-0.2, -0.15) is 0 Å². The van der Waals surface area contributed by atoms with E-state index in [1.807, 2.05) is 0 Å². The molecule has 0 aromatic heterocycles. The Morgan fingerprint density at radius 2 is 2.35 bits per heavy atom. The number of carbonyl (C=O) groups is 1. The summed E-state index contributed by atoms with van der Waals surface area (Å²) in [5.74, 6) is 0.597. The quantitative estimate of drug-likeness (QED) is 0.620. The molecule has 0 saturated carbocycles. The number of rotatable bonds is 4. The smallest absolute Gasteiger partial charge is 0.238 e. The zero-order valence-corrected chi connectivity index (χ0v) is 10.5. The Kier molecular flexibility index (Phi) is 4.76. The van der Waals surface area contributed by atoms with E-state index in [0.29, 0.717) is 12.0 Å². The van der Waals surface area contributed by atoms with E-state index in [-0.39, 0.29) is 11.9 Å². The van der Waals surface area contributed by atoms with Crippen LogP contribution in [-0.4, -0.2) is 50.8 Å². The fourth-order valence-electron chi connectivity index (χ4n) is 2.57. The summed E-state index contributed by atoms with van der Waals surface area (Å²) >= 11 is 0. The Labute approximate surface area is 103 Å². The third kappa shape index (κ3) is 3.40. The summed E-state index contributed by atoms with van der Waals surface area (Å²) in [5.41, 5.74) is 0. The molecule has 0 aromatic rings. The van der Waals surface area contributed by atoms with Crippen LogP contribution in [0.15, 0.2) is 0 Å². The molecule has 2 fully saturated rings. The van der Waals surface area contributed by atoms with Gasteiger partial charge in [-0.3, -0.25) is 4.79 Å². The van der Waals surface area contributed by atoms with E-state index in [9.17, 15) is 4.79 Å². The first-order chi connectivity index (χ1) is 8.31. The van der Waals surface area contributed by atoms with E-state index in [0.717, 1.165) is 45.6 Å². The van der Waals surface area contributed by atoms with Gasteiger partial charge in [0.2, 0.25) is 5.91 Å². The van der Waals surface area contributed by atoms with Gasteiger partial charge in [0.1, 0.15) is 0 Å². The number of carbonyl (C=O) groups excluding carboxylic acids is 1. The maximum atomic E-state index is 11.9. The molecule has 0 spiro atoms. The van der Waals surface area contributed by atoms with Crippen molar-refractivity contribution < 1.29 is 9.53 Å². The highest BCUT2D eigenvalue weighted by Gasteiger charge is 2.28. The topological polar surface area (TPSA) is 62.4 Å². The zero-order valence-electron chi connectivity index (χ0n) is 10.5. The molecule has 0 bridgehead atoms. The molecule has 2 aliphatic heterocycles. The second-order valence-electron chi connectivity index (χ2n) is 4.82. The van der Waals surface area contributed by atoms with Crippen LogP contribution in [0.3, 0.4) is 0 Å². The number of ether oxygens (including phenoxy) is 1. The van der Waals surface area contributed by atoms with Gasteiger partial charge >= 0.3 is 0 Å². The van der Waals surface area contributed by atoms with Gasteiger partial charge in [0.05, 0.1) is 12.1 Å². The van der Waals surface area contributed by atoms with Gasteiger partial charge in [-0.25, -0.2) is 0 Å². The Bertz CT molecular complexity index is 254. The number of amides is 1. The molecule has 3 atom stereocenters. The first-order valence-electron chi connectivity index (χ1n) is 6.64. The second kappa shape index (κ2) is 6.33. The van der Waals surface area contributed by atoms with Gasteiger partial charge in [0, 0.05) is 38.7 Å². The van der Waals surface area contributed by atoms with Crippen LogP contribution < -0.4 is 16.0 Å². The fraction of sp³-hybridized carbons (Fsp3) is 0.917. The lowest BCUT2D eigenvalue weighted by molar-refractivity contribution is -0.123. The molecule has 0 radical (unpaired) electrons. The molecular weight excluding hydrogens is 218 g/mol. The van der Waals surface area contributed by atoms with E-state index >= 15 is 0 Å². The number of hydrogen-bond acceptors (Lipinski definition) is 4. The van der Waals surface area contributed by atoms with Crippen molar-refractivity contribution in [3.05, 3.63) is 0 Å². The molecule has 5 nitrogen and oxygen atoms in total. The minimum Gasteiger partial charge on any atom is -0.378 e. The summed E-state index contributed by atoms with van der Waals surface area (Å²) in [7, 11) is 0. The fourth-order valence-corrected chi connectivity index (χ4v) is 2.57. The van der Waals surface area contributed by atoms with Crippen LogP contribution in [0.2, 0.25) is 0 Å². The highest BCUT2D eigenvalue weighted by molar-refractivity contribution is 5.82. The molecule has 98 valence electrons. The lowest BCUT2D eigenvalue weighted by Gasteiger charge is -2.25. The molecule has 2 aliphatic rings. The molecule has 2 rings (SSSR count). The summed E-state index contributed by atoms with van der Waals surface area (Å²) in [5, 5.41) is 9.47. The maximum absolute atomic E-state index is 11.9. The molecule has 3 N–H and O–H groups in total. The van der Waals surface area contributed by atoms with Crippen LogP contribution in [0.25, 0.3) is 0 Å². The van der Waals surface area contributed by atoms with E-state index in [1.54, 1.807) is 0 Å². The van der Waals surface area contributed by atoms with Crippen molar-refractivity contribution >= 4 is 5.91 Å². The van der Waals surface area contributed by atoms with E-state index in [2.05, 4.69) is 22.9 Å². The van der Waals surface area contributed by atoms with Crippen molar-refractivity contribution in [2.24, 2.45) is 5.92 Å². The number of hydrogen-bond donors (Lipinski definition) is 3. The highest BCUT2D eigenvalue weighted by Crippen LogP contribution is 2.22. The van der Waals surface area contributed by atoms with Crippen molar-refractivity contribution in [3.8, 4) is 0 Å². The van der Waals surface area contributed by atoms with Crippen LogP contribution in [0, 0.1) is 5.92 Å². The third-order valence-corrected chi connectivity index (χ3v) is 3.64.